The molecule has 0 aliphatic rings. The standard InChI is InChI=1S/C18H23N3O2/c1-4-23-16-7-5-15(6-8-16)21-17-11-14(9-10-19-17)18(22)20-12-13(2)3/h5-11,13H,4,12H2,1-3H3,(H,19,21)(H,20,22). The molecule has 0 atom stereocenters. The zero-order chi connectivity index (χ0) is 16.7. The van der Waals surface area contributed by atoms with Crippen LogP contribution in [0.2, 0.25) is 0 Å². The fraction of sp³-hybridized carbons (Fsp3) is 0.333. The van der Waals surface area contributed by atoms with E-state index in [1.54, 1.807) is 18.3 Å². The summed E-state index contributed by atoms with van der Waals surface area (Å²) < 4.78 is 5.41. The zero-order valence-corrected chi connectivity index (χ0v) is 13.8. The summed E-state index contributed by atoms with van der Waals surface area (Å²) in [6.45, 7) is 7.37. The van der Waals surface area contributed by atoms with Crippen molar-refractivity contribution in [3.63, 3.8) is 0 Å². The first-order chi connectivity index (χ1) is 11.1. The van der Waals surface area contributed by atoms with Crippen LogP contribution < -0.4 is 15.4 Å². The minimum absolute atomic E-state index is 0.0872. The van der Waals surface area contributed by atoms with Gasteiger partial charge in [0, 0.05) is 24.0 Å². The molecule has 2 rings (SSSR count). The topological polar surface area (TPSA) is 63.2 Å². The third kappa shape index (κ3) is 5.29. The van der Waals surface area contributed by atoms with Crippen LogP contribution >= 0.6 is 0 Å². The van der Waals surface area contributed by atoms with Gasteiger partial charge in [0.05, 0.1) is 6.61 Å². The Morgan fingerprint density at radius 2 is 1.96 bits per heavy atom. The summed E-state index contributed by atoms with van der Waals surface area (Å²) >= 11 is 0. The van der Waals surface area contributed by atoms with Crippen molar-refractivity contribution in [2.24, 2.45) is 5.92 Å². The van der Waals surface area contributed by atoms with Gasteiger partial charge in [0.1, 0.15) is 11.6 Å². The molecule has 0 aliphatic heterocycles. The van der Waals surface area contributed by atoms with Crippen molar-refractivity contribution in [1.82, 2.24) is 10.3 Å². The number of hydrogen-bond donors (Lipinski definition) is 2. The van der Waals surface area contributed by atoms with E-state index in [1.165, 1.54) is 0 Å². The third-order valence-electron chi connectivity index (χ3n) is 3.13. The first kappa shape index (κ1) is 16.8. The van der Waals surface area contributed by atoms with Crippen LogP contribution in [0.5, 0.6) is 5.75 Å². The molecule has 0 spiro atoms. The van der Waals surface area contributed by atoms with Crippen molar-refractivity contribution in [3.05, 3.63) is 48.2 Å². The fourth-order valence-corrected chi connectivity index (χ4v) is 1.99. The Hall–Kier alpha value is -2.56. The van der Waals surface area contributed by atoms with Gasteiger partial charge in [-0.25, -0.2) is 4.98 Å². The molecule has 0 saturated heterocycles. The Kier molecular flexibility index (Phi) is 5.97. The molecule has 1 aromatic heterocycles. The number of rotatable bonds is 7. The van der Waals surface area contributed by atoms with E-state index in [2.05, 4.69) is 29.5 Å². The Morgan fingerprint density at radius 1 is 1.22 bits per heavy atom. The van der Waals surface area contributed by atoms with Crippen LogP contribution in [0.15, 0.2) is 42.6 Å². The molecule has 1 aromatic carbocycles. The molecule has 2 aromatic rings. The van der Waals surface area contributed by atoms with Gasteiger partial charge < -0.3 is 15.4 Å². The molecule has 0 fully saturated rings. The molecular weight excluding hydrogens is 290 g/mol. The van der Waals surface area contributed by atoms with Crippen LogP contribution in [0.3, 0.4) is 0 Å². The van der Waals surface area contributed by atoms with E-state index < -0.39 is 0 Å². The van der Waals surface area contributed by atoms with E-state index in [0.29, 0.717) is 30.5 Å². The van der Waals surface area contributed by atoms with E-state index >= 15 is 0 Å². The quantitative estimate of drug-likeness (QED) is 0.819. The lowest BCUT2D eigenvalue weighted by Crippen LogP contribution is -2.27. The van der Waals surface area contributed by atoms with Gasteiger partial charge in [0.25, 0.3) is 5.91 Å². The highest BCUT2D eigenvalue weighted by molar-refractivity contribution is 5.94. The van der Waals surface area contributed by atoms with E-state index in [0.717, 1.165) is 11.4 Å². The van der Waals surface area contributed by atoms with Gasteiger partial charge in [-0.1, -0.05) is 13.8 Å². The second kappa shape index (κ2) is 8.17. The van der Waals surface area contributed by atoms with E-state index in [4.69, 9.17) is 4.74 Å². The molecule has 1 amide bonds. The maximum Gasteiger partial charge on any atom is 0.251 e. The van der Waals surface area contributed by atoms with Crippen molar-refractivity contribution in [2.75, 3.05) is 18.5 Å². The molecule has 0 bridgehead atoms. The summed E-state index contributed by atoms with van der Waals surface area (Å²) in [6.07, 6.45) is 1.63. The Bertz CT molecular complexity index is 639. The number of amides is 1. The zero-order valence-electron chi connectivity index (χ0n) is 13.8. The minimum Gasteiger partial charge on any atom is -0.494 e. The van der Waals surface area contributed by atoms with Crippen LogP contribution in [0, 0.1) is 5.92 Å². The molecule has 2 N–H and O–H groups in total. The van der Waals surface area contributed by atoms with E-state index in [1.807, 2.05) is 31.2 Å². The molecule has 0 radical (unpaired) electrons. The molecule has 0 aliphatic carbocycles. The maximum absolute atomic E-state index is 12.1. The summed E-state index contributed by atoms with van der Waals surface area (Å²) in [5, 5.41) is 6.09. The number of carbonyl (C=O) groups excluding carboxylic acids is 1. The average Bonchev–Trinajstić information content (AvgIpc) is 2.55. The van der Waals surface area contributed by atoms with Crippen LogP contribution in [-0.4, -0.2) is 24.0 Å². The number of hydrogen-bond acceptors (Lipinski definition) is 4. The lowest BCUT2D eigenvalue weighted by Gasteiger charge is -2.10. The van der Waals surface area contributed by atoms with Crippen molar-refractivity contribution in [3.8, 4) is 5.75 Å². The summed E-state index contributed by atoms with van der Waals surface area (Å²) in [6, 6.07) is 11.1. The second-order valence-electron chi connectivity index (χ2n) is 5.62. The van der Waals surface area contributed by atoms with Crippen LogP contribution in [0.4, 0.5) is 11.5 Å². The Labute approximate surface area is 137 Å². The maximum atomic E-state index is 12.1. The van der Waals surface area contributed by atoms with Gasteiger partial charge in [0.15, 0.2) is 0 Å². The van der Waals surface area contributed by atoms with E-state index in [9.17, 15) is 4.79 Å². The van der Waals surface area contributed by atoms with Gasteiger partial charge in [0.2, 0.25) is 0 Å². The first-order valence-electron chi connectivity index (χ1n) is 7.82. The highest BCUT2D eigenvalue weighted by Gasteiger charge is 2.07. The largest absolute Gasteiger partial charge is 0.494 e. The number of ether oxygens (including phenoxy) is 1. The Morgan fingerprint density at radius 3 is 2.61 bits per heavy atom. The number of benzene rings is 1. The van der Waals surface area contributed by atoms with Gasteiger partial charge in [-0.3, -0.25) is 4.79 Å². The average molecular weight is 313 g/mol. The molecule has 0 unspecified atom stereocenters. The van der Waals surface area contributed by atoms with Gasteiger partial charge in [-0.2, -0.15) is 0 Å². The Balaban J connectivity index is 2.03. The number of aromatic nitrogens is 1. The number of carbonyl (C=O) groups is 1. The monoisotopic (exact) mass is 313 g/mol. The predicted molar refractivity (Wildman–Crippen MR) is 92.3 cm³/mol. The lowest BCUT2D eigenvalue weighted by atomic mass is 10.2. The number of pyridine rings is 1. The second-order valence-corrected chi connectivity index (χ2v) is 5.62. The van der Waals surface area contributed by atoms with Crippen molar-refractivity contribution >= 4 is 17.4 Å². The fourth-order valence-electron chi connectivity index (χ4n) is 1.99. The molecule has 5 nitrogen and oxygen atoms in total. The van der Waals surface area contributed by atoms with Crippen LogP contribution in [0.25, 0.3) is 0 Å². The molecular formula is C18H23N3O2. The smallest absolute Gasteiger partial charge is 0.251 e. The van der Waals surface area contributed by atoms with Gasteiger partial charge >= 0.3 is 0 Å². The minimum atomic E-state index is -0.0872. The van der Waals surface area contributed by atoms with Crippen molar-refractivity contribution < 1.29 is 9.53 Å². The number of nitrogens with one attached hydrogen (secondary N) is 2. The summed E-state index contributed by atoms with van der Waals surface area (Å²) in [4.78, 5) is 16.3. The third-order valence-corrected chi connectivity index (χ3v) is 3.13. The summed E-state index contributed by atoms with van der Waals surface area (Å²) in [5.74, 6) is 1.79. The summed E-state index contributed by atoms with van der Waals surface area (Å²) in [7, 11) is 0. The van der Waals surface area contributed by atoms with E-state index in [-0.39, 0.29) is 5.91 Å². The molecule has 0 saturated carbocycles. The molecule has 122 valence electrons. The number of nitrogens with zero attached hydrogens (tertiary/aromatic N) is 1. The van der Waals surface area contributed by atoms with Gasteiger partial charge in [-0.15, -0.1) is 0 Å². The number of anilines is 2. The van der Waals surface area contributed by atoms with Gasteiger partial charge in [-0.05, 0) is 49.2 Å². The van der Waals surface area contributed by atoms with Crippen LogP contribution in [0.1, 0.15) is 31.1 Å². The molecule has 23 heavy (non-hydrogen) atoms. The summed E-state index contributed by atoms with van der Waals surface area (Å²) in [5.41, 5.74) is 1.48. The van der Waals surface area contributed by atoms with Crippen molar-refractivity contribution in [2.45, 2.75) is 20.8 Å². The first-order valence-corrected chi connectivity index (χ1v) is 7.82. The van der Waals surface area contributed by atoms with Crippen LogP contribution in [-0.2, 0) is 0 Å². The highest BCUT2D eigenvalue weighted by atomic mass is 16.5. The SMILES string of the molecule is CCOc1ccc(Nc2cc(C(=O)NCC(C)C)ccn2)cc1. The normalized spacial score (nSPS) is 10.4. The predicted octanol–water partition coefficient (Wildman–Crippen LogP) is 3.61. The lowest BCUT2D eigenvalue weighted by molar-refractivity contribution is 0.0949. The highest BCUT2D eigenvalue weighted by Crippen LogP contribution is 2.19. The molecule has 1 heterocycles. The van der Waals surface area contributed by atoms with Crippen molar-refractivity contribution in [1.29, 1.82) is 0 Å². The molecule has 5 heteroatoms.